The molecular formula is C14H18O3. The average Bonchev–Trinajstić information content (AvgIpc) is 2.88. The van der Waals surface area contributed by atoms with Crippen LogP contribution in [0.5, 0.6) is 11.5 Å². The lowest BCUT2D eigenvalue weighted by molar-refractivity contribution is -0.112. The zero-order valence-corrected chi connectivity index (χ0v) is 10.4. The molecule has 1 aliphatic rings. The van der Waals surface area contributed by atoms with Gasteiger partial charge in [-0.25, -0.2) is 0 Å². The lowest BCUT2D eigenvalue weighted by Gasteiger charge is -2.25. The van der Waals surface area contributed by atoms with Crippen molar-refractivity contribution in [1.82, 2.24) is 0 Å². The molecule has 1 aliphatic carbocycles. The fraction of sp³-hybridized carbons (Fsp3) is 0.500. The van der Waals surface area contributed by atoms with Crippen molar-refractivity contribution in [3.05, 3.63) is 23.8 Å². The molecule has 0 atom stereocenters. The Balaban J connectivity index is 2.50. The Morgan fingerprint density at radius 3 is 2.41 bits per heavy atom. The minimum absolute atomic E-state index is 0.375. The van der Waals surface area contributed by atoms with Crippen LogP contribution in [-0.4, -0.2) is 20.5 Å². The molecule has 1 aromatic rings. The summed E-state index contributed by atoms with van der Waals surface area (Å²) in [6, 6.07) is 5.66. The van der Waals surface area contributed by atoms with Crippen LogP contribution in [0.2, 0.25) is 0 Å². The van der Waals surface area contributed by atoms with Gasteiger partial charge < -0.3 is 14.3 Å². The van der Waals surface area contributed by atoms with Crippen LogP contribution in [0.3, 0.4) is 0 Å². The predicted octanol–water partition coefficient (Wildman–Crippen LogP) is 2.71. The third kappa shape index (κ3) is 2.02. The molecule has 1 saturated carbocycles. The molecule has 0 amide bonds. The molecule has 3 nitrogen and oxygen atoms in total. The van der Waals surface area contributed by atoms with Crippen LogP contribution in [0.4, 0.5) is 0 Å². The van der Waals surface area contributed by atoms with Crippen LogP contribution in [0.15, 0.2) is 18.2 Å². The Bertz CT molecular complexity index is 406. The molecule has 1 fully saturated rings. The highest BCUT2D eigenvalue weighted by atomic mass is 16.5. The van der Waals surface area contributed by atoms with E-state index in [4.69, 9.17) is 9.47 Å². The molecule has 0 saturated heterocycles. The lowest BCUT2D eigenvalue weighted by Crippen LogP contribution is -2.24. The molecule has 0 aromatic heterocycles. The van der Waals surface area contributed by atoms with Gasteiger partial charge in [0.2, 0.25) is 0 Å². The fourth-order valence-corrected chi connectivity index (χ4v) is 2.66. The number of benzene rings is 1. The van der Waals surface area contributed by atoms with E-state index < -0.39 is 0 Å². The van der Waals surface area contributed by atoms with Crippen LogP contribution in [0.25, 0.3) is 0 Å². The van der Waals surface area contributed by atoms with Gasteiger partial charge in [-0.3, -0.25) is 0 Å². The summed E-state index contributed by atoms with van der Waals surface area (Å²) in [5.41, 5.74) is 0.590. The SMILES string of the molecule is COc1ccc(OC)c(C2(C=O)CCCC2)c1. The topological polar surface area (TPSA) is 35.5 Å². The normalized spacial score (nSPS) is 17.8. The summed E-state index contributed by atoms with van der Waals surface area (Å²) in [5, 5.41) is 0. The van der Waals surface area contributed by atoms with Gasteiger partial charge in [0.1, 0.15) is 17.8 Å². The summed E-state index contributed by atoms with van der Waals surface area (Å²) >= 11 is 0. The second-order valence-electron chi connectivity index (χ2n) is 4.55. The molecule has 0 unspecified atom stereocenters. The van der Waals surface area contributed by atoms with Crippen LogP contribution < -0.4 is 9.47 Å². The van der Waals surface area contributed by atoms with Crippen molar-refractivity contribution < 1.29 is 14.3 Å². The molecule has 0 radical (unpaired) electrons. The number of carbonyl (C=O) groups excluding carboxylic acids is 1. The summed E-state index contributed by atoms with van der Waals surface area (Å²) in [5.74, 6) is 1.55. The van der Waals surface area contributed by atoms with E-state index >= 15 is 0 Å². The highest BCUT2D eigenvalue weighted by Crippen LogP contribution is 2.44. The second kappa shape index (κ2) is 4.78. The molecule has 2 rings (SSSR count). The Kier molecular flexibility index (Phi) is 3.36. The third-order valence-electron chi connectivity index (χ3n) is 3.66. The zero-order chi connectivity index (χ0) is 12.3. The van der Waals surface area contributed by atoms with E-state index in [-0.39, 0.29) is 5.41 Å². The van der Waals surface area contributed by atoms with E-state index in [1.165, 1.54) is 0 Å². The van der Waals surface area contributed by atoms with Gasteiger partial charge in [0.25, 0.3) is 0 Å². The summed E-state index contributed by atoms with van der Waals surface area (Å²) in [4.78, 5) is 11.5. The Labute approximate surface area is 102 Å². The monoisotopic (exact) mass is 234 g/mol. The molecule has 0 heterocycles. The van der Waals surface area contributed by atoms with Gasteiger partial charge >= 0.3 is 0 Å². The van der Waals surface area contributed by atoms with Crippen molar-refractivity contribution in [1.29, 1.82) is 0 Å². The molecule has 0 bridgehead atoms. The largest absolute Gasteiger partial charge is 0.497 e. The molecular weight excluding hydrogens is 216 g/mol. The minimum Gasteiger partial charge on any atom is -0.497 e. The third-order valence-corrected chi connectivity index (χ3v) is 3.66. The van der Waals surface area contributed by atoms with E-state index in [2.05, 4.69) is 0 Å². The van der Waals surface area contributed by atoms with Crippen LogP contribution >= 0.6 is 0 Å². The van der Waals surface area contributed by atoms with E-state index in [9.17, 15) is 4.79 Å². The molecule has 0 N–H and O–H groups in total. The Morgan fingerprint density at radius 2 is 1.88 bits per heavy atom. The van der Waals surface area contributed by atoms with Gasteiger partial charge in [-0.15, -0.1) is 0 Å². The number of carbonyl (C=O) groups is 1. The number of hydrogen-bond acceptors (Lipinski definition) is 3. The van der Waals surface area contributed by atoms with Crippen molar-refractivity contribution >= 4 is 6.29 Å². The number of ether oxygens (including phenoxy) is 2. The Morgan fingerprint density at radius 1 is 1.18 bits per heavy atom. The van der Waals surface area contributed by atoms with Crippen molar-refractivity contribution in [3.8, 4) is 11.5 Å². The highest BCUT2D eigenvalue weighted by Gasteiger charge is 2.37. The predicted molar refractivity (Wildman–Crippen MR) is 65.8 cm³/mol. The molecule has 3 heteroatoms. The first-order valence-electron chi connectivity index (χ1n) is 5.94. The molecule has 92 valence electrons. The van der Waals surface area contributed by atoms with Gasteiger partial charge in [0.15, 0.2) is 0 Å². The van der Waals surface area contributed by atoms with Crippen LogP contribution in [0, 0.1) is 0 Å². The quantitative estimate of drug-likeness (QED) is 0.751. The summed E-state index contributed by atoms with van der Waals surface area (Å²) < 4.78 is 10.6. The van der Waals surface area contributed by atoms with Gasteiger partial charge in [-0.2, -0.15) is 0 Å². The van der Waals surface area contributed by atoms with E-state index in [1.54, 1.807) is 14.2 Å². The first kappa shape index (κ1) is 12.0. The van der Waals surface area contributed by atoms with E-state index in [0.29, 0.717) is 0 Å². The van der Waals surface area contributed by atoms with Crippen LogP contribution in [0.1, 0.15) is 31.2 Å². The standard InChI is InChI=1S/C14H18O3/c1-16-11-5-6-13(17-2)12(9-11)14(10-15)7-3-4-8-14/h5-6,9-10H,3-4,7-8H2,1-2H3. The smallest absolute Gasteiger partial charge is 0.130 e. The van der Waals surface area contributed by atoms with Gasteiger partial charge in [0.05, 0.1) is 19.6 Å². The Hall–Kier alpha value is -1.51. The maximum absolute atomic E-state index is 11.5. The fourth-order valence-electron chi connectivity index (χ4n) is 2.66. The number of aldehydes is 1. The molecule has 0 spiro atoms. The second-order valence-corrected chi connectivity index (χ2v) is 4.55. The maximum atomic E-state index is 11.5. The highest BCUT2D eigenvalue weighted by molar-refractivity contribution is 5.71. The first-order chi connectivity index (χ1) is 8.25. The van der Waals surface area contributed by atoms with Crippen molar-refractivity contribution in [2.24, 2.45) is 0 Å². The summed E-state index contributed by atoms with van der Waals surface area (Å²) in [7, 11) is 3.27. The summed E-state index contributed by atoms with van der Waals surface area (Å²) in [6.07, 6.45) is 5.08. The molecule has 17 heavy (non-hydrogen) atoms. The average molecular weight is 234 g/mol. The lowest BCUT2D eigenvalue weighted by atomic mass is 9.80. The first-order valence-corrected chi connectivity index (χ1v) is 5.94. The molecule has 0 aliphatic heterocycles. The number of hydrogen-bond donors (Lipinski definition) is 0. The van der Waals surface area contributed by atoms with Gasteiger partial charge in [-0.1, -0.05) is 12.8 Å². The molecule has 1 aromatic carbocycles. The summed E-state index contributed by atoms with van der Waals surface area (Å²) in [6.45, 7) is 0. The van der Waals surface area contributed by atoms with E-state index in [0.717, 1.165) is 49.0 Å². The zero-order valence-electron chi connectivity index (χ0n) is 10.4. The minimum atomic E-state index is -0.375. The number of rotatable bonds is 4. The van der Waals surface area contributed by atoms with Crippen molar-refractivity contribution in [3.63, 3.8) is 0 Å². The van der Waals surface area contributed by atoms with E-state index in [1.807, 2.05) is 18.2 Å². The van der Waals surface area contributed by atoms with Crippen molar-refractivity contribution in [2.75, 3.05) is 14.2 Å². The van der Waals surface area contributed by atoms with Gasteiger partial charge in [-0.05, 0) is 31.0 Å². The van der Waals surface area contributed by atoms with Crippen molar-refractivity contribution in [2.45, 2.75) is 31.1 Å². The van der Waals surface area contributed by atoms with Gasteiger partial charge in [0, 0.05) is 5.56 Å². The maximum Gasteiger partial charge on any atom is 0.130 e. The van der Waals surface area contributed by atoms with Crippen LogP contribution in [-0.2, 0) is 10.2 Å². The number of methoxy groups -OCH3 is 2.